The lowest BCUT2D eigenvalue weighted by Gasteiger charge is -2.18. The molecular formula is C35H27NS. The molecule has 0 amide bonds. The Labute approximate surface area is 221 Å². The third-order valence-electron chi connectivity index (χ3n) is 7.50. The summed E-state index contributed by atoms with van der Waals surface area (Å²) in [5.74, 6) is 0. The van der Waals surface area contributed by atoms with Crippen LogP contribution in [0, 0.1) is 0 Å². The van der Waals surface area contributed by atoms with Gasteiger partial charge in [0.25, 0.3) is 0 Å². The van der Waals surface area contributed by atoms with Crippen LogP contribution in [0.2, 0.25) is 0 Å². The Hall–Kier alpha value is -4.14. The molecule has 1 N–H and O–H groups in total. The van der Waals surface area contributed by atoms with Crippen LogP contribution in [0.3, 0.4) is 0 Å². The van der Waals surface area contributed by atoms with Crippen molar-refractivity contribution in [2.24, 2.45) is 0 Å². The second-order valence-corrected chi connectivity index (χ2v) is 11.5. The van der Waals surface area contributed by atoms with E-state index in [0.29, 0.717) is 0 Å². The lowest BCUT2D eigenvalue weighted by Crippen LogP contribution is -2.10. The highest BCUT2D eigenvalue weighted by Gasteiger charge is 2.24. The number of hydrogen-bond acceptors (Lipinski definition) is 2. The van der Waals surface area contributed by atoms with Gasteiger partial charge in [-0.1, -0.05) is 105 Å². The highest BCUT2D eigenvalue weighted by atomic mass is 32.1. The molecule has 0 fully saturated rings. The van der Waals surface area contributed by atoms with Crippen molar-refractivity contribution in [1.29, 1.82) is 0 Å². The smallest absolute Gasteiger partial charge is 0.0435 e. The third-order valence-corrected chi connectivity index (χ3v) is 8.72. The van der Waals surface area contributed by atoms with Crippen LogP contribution in [0.5, 0.6) is 0 Å². The molecule has 1 aliphatic carbocycles. The maximum Gasteiger partial charge on any atom is 0.0435 e. The van der Waals surface area contributed by atoms with E-state index in [-0.39, 0.29) is 5.41 Å². The number of fused-ring (bicyclic) bond motifs is 4. The monoisotopic (exact) mass is 493 g/mol. The van der Waals surface area contributed by atoms with Gasteiger partial charge in [-0.3, -0.25) is 0 Å². The van der Waals surface area contributed by atoms with Crippen LogP contribution in [0.1, 0.15) is 25.0 Å². The van der Waals surface area contributed by atoms with Gasteiger partial charge in [-0.2, -0.15) is 0 Å². The van der Waals surface area contributed by atoms with Crippen LogP contribution in [0.15, 0.2) is 115 Å². The number of allylic oxidation sites excluding steroid dienone is 1. The third kappa shape index (κ3) is 3.85. The maximum absolute atomic E-state index is 3.73. The van der Waals surface area contributed by atoms with Gasteiger partial charge in [-0.25, -0.2) is 0 Å². The summed E-state index contributed by atoms with van der Waals surface area (Å²) in [5.41, 5.74) is 9.99. The standard InChI is InChI=1S/C35H27NS/c1-35(2)19-18-26-20-27(16-17-32(26)35)36-28-21-30(34-31(22-28)29-10-6-7-11-33(29)37-34)25-14-12-24(13-15-25)23-8-4-3-5-9-23/h3-22,36H,1-2H3. The number of thiophene rings is 1. The molecule has 0 saturated heterocycles. The van der Waals surface area contributed by atoms with Gasteiger partial charge in [-0.15, -0.1) is 11.3 Å². The second-order valence-electron chi connectivity index (χ2n) is 10.4. The van der Waals surface area contributed by atoms with Gasteiger partial charge in [0.2, 0.25) is 0 Å². The molecule has 6 aromatic rings. The Bertz CT molecular complexity index is 1800. The molecule has 0 unspecified atom stereocenters. The zero-order valence-corrected chi connectivity index (χ0v) is 21.8. The average molecular weight is 494 g/mol. The number of anilines is 2. The van der Waals surface area contributed by atoms with Crippen molar-refractivity contribution >= 4 is 49.0 Å². The first kappa shape index (κ1) is 22.1. The van der Waals surface area contributed by atoms with E-state index in [4.69, 9.17) is 0 Å². The molecule has 1 nitrogen and oxygen atoms in total. The van der Waals surface area contributed by atoms with Crippen molar-refractivity contribution < 1.29 is 0 Å². The quantitative estimate of drug-likeness (QED) is 0.257. The normalized spacial score (nSPS) is 13.8. The van der Waals surface area contributed by atoms with Crippen LogP contribution < -0.4 is 5.32 Å². The maximum atomic E-state index is 3.73. The molecule has 1 aliphatic rings. The number of hydrogen-bond donors (Lipinski definition) is 1. The lowest BCUT2D eigenvalue weighted by atomic mass is 9.87. The predicted octanol–water partition coefficient (Wildman–Crippen LogP) is 10.4. The molecule has 7 rings (SSSR count). The first-order chi connectivity index (χ1) is 18.0. The topological polar surface area (TPSA) is 12.0 Å². The van der Waals surface area contributed by atoms with E-state index < -0.39 is 0 Å². The average Bonchev–Trinajstić information content (AvgIpc) is 3.45. The molecule has 2 heteroatoms. The van der Waals surface area contributed by atoms with Crippen LogP contribution in [0.25, 0.3) is 48.5 Å². The summed E-state index contributed by atoms with van der Waals surface area (Å²) in [7, 11) is 0. The first-order valence-electron chi connectivity index (χ1n) is 12.8. The molecule has 1 heterocycles. The first-order valence-corrected chi connectivity index (χ1v) is 13.6. The summed E-state index contributed by atoms with van der Waals surface area (Å²) in [6, 6.07) is 39.6. The van der Waals surface area contributed by atoms with Crippen molar-refractivity contribution in [3.63, 3.8) is 0 Å². The summed E-state index contributed by atoms with van der Waals surface area (Å²) in [4.78, 5) is 0. The van der Waals surface area contributed by atoms with E-state index in [1.807, 2.05) is 11.3 Å². The van der Waals surface area contributed by atoms with E-state index in [1.54, 1.807) is 0 Å². The minimum atomic E-state index is 0.0987. The number of rotatable bonds is 4. The minimum absolute atomic E-state index is 0.0987. The van der Waals surface area contributed by atoms with Crippen molar-refractivity contribution in [2.45, 2.75) is 19.3 Å². The van der Waals surface area contributed by atoms with E-state index >= 15 is 0 Å². The Morgan fingerprint density at radius 1 is 0.622 bits per heavy atom. The molecule has 0 spiro atoms. The number of nitrogens with one attached hydrogen (secondary N) is 1. The Kier molecular flexibility index (Phi) is 5.05. The predicted molar refractivity (Wildman–Crippen MR) is 162 cm³/mol. The van der Waals surface area contributed by atoms with E-state index in [9.17, 15) is 0 Å². The van der Waals surface area contributed by atoms with Gasteiger partial charge in [0.1, 0.15) is 0 Å². The second kappa shape index (κ2) is 8.47. The Morgan fingerprint density at radius 3 is 2.19 bits per heavy atom. The van der Waals surface area contributed by atoms with Gasteiger partial charge in [0.15, 0.2) is 0 Å². The molecule has 0 aliphatic heterocycles. The van der Waals surface area contributed by atoms with Crippen LogP contribution in [-0.4, -0.2) is 0 Å². The van der Waals surface area contributed by atoms with E-state index in [1.165, 1.54) is 53.6 Å². The van der Waals surface area contributed by atoms with Gasteiger partial charge < -0.3 is 5.32 Å². The molecule has 5 aromatic carbocycles. The summed E-state index contributed by atoms with van der Waals surface area (Å²) in [6.45, 7) is 4.54. The zero-order chi connectivity index (χ0) is 25.0. The van der Waals surface area contributed by atoms with Crippen LogP contribution in [0.4, 0.5) is 11.4 Å². The fraction of sp³-hybridized carbons (Fsp3) is 0.0857. The van der Waals surface area contributed by atoms with Crippen LogP contribution in [-0.2, 0) is 5.41 Å². The zero-order valence-electron chi connectivity index (χ0n) is 21.0. The SMILES string of the molecule is CC1(C)C=Cc2cc(Nc3cc(-c4ccc(-c5ccccc5)cc4)c4sc5ccccc5c4c3)ccc21. The van der Waals surface area contributed by atoms with Crippen molar-refractivity contribution in [3.05, 3.63) is 126 Å². The summed E-state index contributed by atoms with van der Waals surface area (Å²) >= 11 is 1.88. The molecule has 0 atom stereocenters. The Balaban J connectivity index is 1.34. The highest BCUT2D eigenvalue weighted by molar-refractivity contribution is 7.26. The molecule has 0 bridgehead atoms. The van der Waals surface area contributed by atoms with Crippen molar-refractivity contribution in [3.8, 4) is 22.3 Å². The molecule has 1 aromatic heterocycles. The molecule has 178 valence electrons. The summed E-state index contributed by atoms with van der Waals surface area (Å²) < 4.78 is 2.65. The van der Waals surface area contributed by atoms with E-state index in [2.05, 4.69) is 141 Å². The largest absolute Gasteiger partial charge is 0.355 e. The molecular weight excluding hydrogens is 466 g/mol. The van der Waals surface area contributed by atoms with Gasteiger partial charge >= 0.3 is 0 Å². The van der Waals surface area contributed by atoms with Gasteiger partial charge in [0.05, 0.1) is 0 Å². The van der Waals surface area contributed by atoms with Crippen molar-refractivity contribution in [1.82, 2.24) is 0 Å². The number of benzene rings is 5. The molecule has 0 radical (unpaired) electrons. The molecule has 37 heavy (non-hydrogen) atoms. The summed E-state index contributed by atoms with van der Waals surface area (Å²) in [5, 5.41) is 6.34. The highest BCUT2D eigenvalue weighted by Crippen LogP contribution is 2.43. The van der Waals surface area contributed by atoms with Crippen molar-refractivity contribution in [2.75, 3.05) is 5.32 Å². The van der Waals surface area contributed by atoms with Gasteiger partial charge in [0, 0.05) is 42.5 Å². The van der Waals surface area contributed by atoms with Gasteiger partial charge in [-0.05, 0) is 58.1 Å². The Morgan fingerprint density at radius 2 is 1.35 bits per heavy atom. The van der Waals surface area contributed by atoms with E-state index in [0.717, 1.165) is 11.4 Å². The molecule has 0 saturated carbocycles. The lowest BCUT2D eigenvalue weighted by molar-refractivity contribution is 0.683. The fourth-order valence-corrected chi connectivity index (χ4v) is 6.73. The summed E-state index contributed by atoms with van der Waals surface area (Å²) in [6.07, 6.45) is 4.54. The fourth-order valence-electron chi connectivity index (χ4n) is 5.51. The minimum Gasteiger partial charge on any atom is -0.355 e. The van der Waals surface area contributed by atoms with Crippen LogP contribution >= 0.6 is 11.3 Å².